The average Bonchev–Trinajstić information content (AvgIpc) is 2.56. The minimum atomic E-state index is 0.122. The van der Waals surface area contributed by atoms with E-state index in [9.17, 15) is 0 Å². The van der Waals surface area contributed by atoms with Gasteiger partial charge in [-0.2, -0.15) is 0 Å². The van der Waals surface area contributed by atoms with Crippen LogP contribution in [0.2, 0.25) is 0 Å². The Kier molecular flexibility index (Phi) is 3.91. The molecular weight excluding hydrogens is 198 g/mol. The molecule has 0 aromatic carbocycles. The van der Waals surface area contributed by atoms with Crippen LogP contribution in [0.1, 0.15) is 52.4 Å². The van der Waals surface area contributed by atoms with Gasteiger partial charge in [0.1, 0.15) is 5.76 Å². The van der Waals surface area contributed by atoms with Crippen LogP contribution in [0, 0.1) is 5.92 Å². The lowest BCUT2D eigenvalue weighted by Crippen LogP contribution is -2.51. The first-order valence-corrected chi connectivity index (χ1v) is 6.84. The SMILES string of the molecule is CC(C)C1(C2=CCCCO2)CCCCCN1. The summed E-state index contributed by atoms with van der Waals surface area (Å²) in [6.07, 6.45) is 9.91. The Morgan fingerprint density at radius 2 is 2.12 bits per heavy atom. The summed E-state index contributed by atoms with van der Waals surface area (Å²) in [6.45, 7) is 6.68. The van der Waals surface area contributed by atoms with Crippen LogP contribution in [-0.4, -0.2) is 18.7 Å². The maximum absolute atomic E-state index is 5.94. The van der Waals surface area contributed by atoms with Gasteiger partial charge in [-0.15, -0.1) is 0 Å². The molecule has 1 fully saturated rings. The van der Waals surface area contributed by atoms with Crippen molar-refractivity contribution in [1.29, 1.82) is 0 Å². The lowest BCUT2D eigenvalue weighted by atomic mass is 9.79. The van der Waals surface area contributed by atoms with E-state index in [0.29, 0.717) is 5.92 Å². The van der Waals surface area contributed by atoms with E-state index in [4.69, 9.17) is 4.74 Å². The van der Waals surface area contributed by atoms with Crippen LogP contribution in [-0.2, 0) is 4.74 Å². The summed E-state index contributed by atoms with van der Waals surface area (Å²) in [6, 6.07) is 0. The summed E-state index contributed by atoms with van der Waals surface area (Å²) in [4.78, 5) is 0. The molecule has 0 radical (unpaired) electrons. The highest BCUT2D eigenvalue weighted by Crippen LogP contribution is 2.35. The fraction of sp³-hybridized carbons (Fsp3) is 0.857. The van der Waals surface area contributed by atoms with Gasteiger partial charge in [0.15, 0.2) is 0 Å². The van der Waals surface area contributed by atoms with Crippen LogP contribution in [0.4, 0.5) is 0 Å². The van der Waals surface area contributed by atoms with E-state index >= 15 is 0 Å². The number of ether oxygens (including phenoxy) is 1. The predicted molar refractivity (Wildman–Crippen MR) is 67.3 cm³/mol. The summed E-state index contributed by atoms with van der Waals surface area (Å²) in [5.41, 5.74) is 0.122. The zero-order valence-corrected chi connectivity index (χ0v) is 10.7. The average molecular weight is 223 g/mol. The summed E-state index contributed by atoms with van der Waals surface area (Å²) in [5, 5.41) is 3.77. The fourth-order valence-corrected chi connectivity index (χ4v) is 2.96. The topological polar surface area (TPSA) is 21.3 Å². The van der Waals surface area contributed by atoms with Gasteiger partial charge in [-0.1, -0.05) is 26.7 Å². The van der Waals surface area contributed by atoms with Gasteiger partial charge >= 0.3 is 0 Å². The number of allylic oxidation sites excluding steroid dienone is 1. The van der Waals surface area contributed by atoms with Gasteiger partial charge in [-0.05, 0) is 44.2 Å². The number of rotatable bonds is 2. The zero-order chi connectivity index (χ0) is 11.4. The van der Waals surface area contributed by atoms with Crippen molar-refractivity contribution in [2.24, 2.45) is 5.92 Å². The maximum atomic E-state index is 5.94. The van der Waals surface area contributed by atoms with Gasteiger partial charge in [0, 0.05) is 0 Å². The first kappa shape index (κ1) is 12.0. The number of hydrogen-bond donors (Lipinski definition) is 1. The zero-order valence-electron chi connectivity index (χ0n) is 10.7. The lowest BCUT2D eigenvalue weighted by molar-refractivity contribution is 0.103. The Morgan fingerprint density at radius 1 is 1.25 bits per heavy atom. The van der Waals surface area contributed by atoms with Crippen molar-refractivity contribution in [3.05, 3.63) is 11.8 Å². The van der Waals surface area contributed by atoms with Crippen molar-refractivity contribution in [2.75, 3.05) is 13.2 Å². The van der Waals surface area contributed by atoms with Gasteiger partial charge < -0.3 is 10.1 Å². The van der Waals surface area contributed by atoms with Crippen molar-refractivity contribution in [3.8, 4) is 0 Å². The molecular formula is C14H25NO. The van der Waals surface area contributed by atoms with Crippen LogP contribution in [0.15, 0.2) is 11.8 Å². The first-order chi connectivity index (χ1) is 7.76. The van der Waals surface area contributed by atoms with E-state index in [1.807, 2.05) is 0 Å². The molecule has 2 nitrogen and oxygen atoms in total. The maximum Gasteiger partial charge on any atom is 0.112 e. The predicted octanol–water partition coefficient (Wildman–Crippen LogP) is 3.24. The molecule has 2 aliphatic heterocycles. The van der Waals surface area contributed by atoms with Crippen LogP contribution in [0.3, 0.4) is 0 Å². The van der Waals surface area contributed by atoms with E-state index in [2.05, 4.69) is 25.2 Å². The van der Waals surface area contributed by atoms with E-state index in [1.165, 1.54) is 44.3 Å². The third-order valence-corrected chi connectivity index (χ3v) is 4.05. The minimum Gasteiger partial charge on any atom is -0.496 e. The van der Waals surface area contributed by atoms with E-state index in [-0.39, 0.29) is 5.54 Å². The molecule has 1 saturated heterocycles. The molecule has 1 unspecified atom stereocenters. The third-order valence-electron chi connectivity index (χ3n) is 4.05. The molecule has 2 heterocycles. The minimum absolute atomic E-state index is 0.122. The van der Waals surface area contributed by atoms with Gasteiger partial charge in [-0.25, -0.2) is 0 Å². The Labute approximate surface area is 99.4 Å². The second kappa shape index (κ2) is 5.22. The third kappa shape index (κ3) is 2.27. The molecule has 16 heavy (non-hydrogen) atoms. The van der Waals surface area contributed by atoms with Crippen LogP contribution in [0.25, 0.3) is 0 Å². The second-order valence-electron chi connectivity index (χ2n) is 5.42. The molecule has 0 aromatic heterocycles. The quantitative estimate of drug-likeness (QED) is 0.776. The molecule has 92 valence electrons. The van der Waals surface area contributed by atoms with Crippen LogP contribution in [0.5, 0.6) is 0 Å². The molecule has 0 spiro atoms. The van der Waals surface area contributed by atoms with Gasteiger partial charge in [0.2, 0.25) is 0 Å². The molecule has 0 aromatic rings. The van der Waals surface area contributed by atoms with E-state index in [0.717, 1.165) is 13.2 Å². The molecule has 0 bridgehead atoms. The Morgan fingerprint density at radius 3 is 2.81 bits per heavy atom. The molecule has 2 heteroatoms. The van der Waals surface area contributed by atoms with Crippen molar-refractivity contribution in [1.82, 2.24) is 5.32 Å². The molecule has 0 amide bonds. The Bertz CT molecular complexity index is 249. The highest BCUT2D eigenvalue weighted by molar-refractivity contribution is 5.18. The largest absolute Gasteiger partial charge is 0.496 e. The van der Waals surface area contributed by atoms with Gasteiger partial charge in [0.05, 0.1) is 12.1 Å². The van der Waals surface area contributed by atoms with Crippen molar-refractivity contribution < 1.29 is 4.74 Å². The lowest BCUT2D eigenvalue weighted by Gasteiger charge is -2.40. The summed E-state index contributed by atoms with van der Waals surface area (Å²) < 4.78 is 5.94. The van der Waals surface area contributed by atoms with Gasteiger partial charge in [-0.3, -0.25) is 0 Å². The monoisotopic (exact) mass is 223 g/mol. The smallest absolute Gasteiger partial charge is 0.112 e. The van der Waals surface area contributed by atoms with Crippen molar-refractivity contribution >= 4 is 0 Å². The van der Waals surface area contributed by atoms with Crippen molar-refractivity contribution in [3.63, 3.8) is 0 Å². The molecule has 0 saturated carbocycles. The summed E-state index contributed by atoms with van der Waals surface area (Å²) in [5.74, 6) is 1.84. The fourth-order valence-electron chi connectivity index (χ4n) is 2.96. The molecule has 2 aliphatic rings. The first-order valence-electron chi connectivity index (χ1n) is 6.84. The molecule has 0 aliphatic carbocycles. The van der Waals surface area contributed by atoms with Crippen LogP contribution >= 0.6 is 0 Å². The highest BCUT2D eigenvalue weighted by atomic mass is 16.5. The number of hydrogen-bond acceptors (Lipinski definition) is 2. The molecule has 1 atom stereocenters. The van der Waals surface area contributed by atoms with Gasteiger partial charge in [0.25, 0.3) is 0 Å². The highest BCUT2D eigenvalue weighted by Gasteiger charge is 2.39. The molecule has 2 rings (SSSR count). The standard InChI is InChI=1S/C14H25NO/c1-12(2)14(9-5-3-6-10-15-14)13-8-4-7-11-16-13/h8,12,15H,3-7,9-11H2,1-2H3. The summed E-state index contributed by atoms with van der Waals surface area (Å²) >= 11 is 0. The van der Waals surface area contributed by atoms with E-state index in [1.54, 1.807) is 0 Å². The normalized spacial score (nSPS) is 31.8. The second-order valence-corrected chi connectivity index (χ2v) is 5.42. The molecule has 1 N–H and O–H groups in total. The van der Waals surface area contributed by atoms with Crippen LogP contribution < -0.4 is 5.32 Å². The van der Waals surface area contributed by atoms with Crippen molar-refractivity contribution in [2.45, 2.75) is 57.9 Å². The summed E-state index contributed by atoms with van der Waals surface area (Å²) in [7, 11) is 0. The Balaban J connectivity index is 2.21. The van der Waals surface area contributed by atoms with E-state index < -0.39 is 0 Å². The Hall–Kier alpha value is -0.500. The number of nitrogens with one attached hydrogen (secondary N) is 1.